The molecule has 0 spiro atoms. The first-order chi connectivity index (χ1) is 15.6. The summed E-state index contributed by atoms with van der Waals surface area (Å²) in [7, 11) is 0. The van der Waals surface area contributed by atoms with Crippen LogP contribution in [-0.2, 0) is 0 Å². The molecule has 0 aliphatic carbocycles. The molecule has 0 aromatic heterocycles. The Morgan fingerprint density at radius 2 is 1.88 bits per heavy atom. The minimum atomic E-state index is -0.612. The van der Waals surface area contributed by atoms with Gasteiger partial charge in [0.1, 0.15) is 17.7 Å². The van der Waals surface area contributed by atoms with Gasteiger partial charge in [-0.15, -0.1) is 0 Å². The molecular formula is C26H21BrN2O3. The van der Waals surface area contributed by atoms with E-state index in [4.69, 9.17) is 4.74 Å². The number of fused-ring (bicyclic) bond motifs is 2. The Hall–Kier alpha value is -3.51. The highest BCUT2D eigenvalue weighted by atomic mass is 79.9. The van der Waals surface area contributed by atoms with Gasteiger partial charge in [-0.25, -0.2) is 0 Å². The first-order valence-electron chi connectivity index (χ1n) is 10.4. The van der Waals surface area contributed by atoms with Crippen LogP contribution in [0.2, 0.25) is 0 Å². The second-order valence-corrected chi connectivity index (χ2v) is 8.48. The van der Waals surface area contributed by atoms with E-state index in [2.05, 4.69) is 21.2 Å². The SMILES string of the molecule is CCOc1cccc(N2C(=O)c3cc(Br)ccc3NC2c2c(O)ccc3ccccc23)c1. The lowest BCUT2D eigenvalue weighted by molar-refractivity contribution is 0.0975. The van der Waals surface area contributed by atoms with E-state index in [9.17, 15) is 9.90 Å². The molecule has 1 heterocycles. The molecular weight excluding hydrogens is 468 g/mol. The van der Waals surface area contributed by atoms with E-state index in [1.807, 2.05) is 79.7 Å². The summed E-state index contributed by atoms with van der Waals surface area (Å²) in [6, 6.07) is 24.4. The zero-order valence-corrected chi connectivity index (χ0v) is 19.0. The fraction of sp³-hybridized carbons (Fsp3) is 0.115. The van der Waals surface area contributed by atoms with Gasteiger partial charge in [0.2, 0.25) is 0 Å². The van der Waals surface area contributed by atoms with Gasteiger partial charge in [-0.1, -0.05) is 52.3 Å². The standard InChI is InChI=1S/C26H21BrN2O3/c1-2-32-19-8-5-7-18(15-19)29-25(28-22-12-11-17(27)14-21(22)26(29)31)24-20-9-4-3-6-16(20)10-13-23(24)30/h3-15,25,28,30H,2H2,1H3. The molecule has 0 saturated heterocycles. The van der Waals surface area contributed by atoms with Crippen LogP contribution in [0.3, 0.4) is 0 Å². The molecule has 0 fully saturated rings. The number of phenols is 1. The van der Waals surface area contributed by atoms with Gasteiger partial charge < -0.3 is 15.2 Å². The number of carbonyl (C=O) groups excluding carboxylic acids is 1. The van der Waals surface area contributed by atoms with Crippen LogP contribution in [0, 0.1) is 0 Å². The fourth-order valence-corrected chi connectivity index (χ4v) is 4.57. The zero-order chi connectivity index (χ0) is 22.2. The summed E-state index contributed by atoms with van der Waals surface area (Å²) in [5.41, 5.74) is 2.59. The molecule has 1 atom stereocenters. The number of amides is 1. The summed E-state index contributed by atoms with van der Waals surface area (Å²) in [6.45, 7) is 2.45. The second-order valence-electron chi connectivity index (χ2n) is 7.56. The Bertz CT molecular complexity index is 1340. The molecule has 1 aliphatic heterocycles. The summed E-state index contributed by atoms with van der Waals surface area (Å²) >= 11 is 3.47. The van der Waals surface area contributed by atoms with Crippen molar-refractivity contribution < 1.29 is 14.6 Å². The first kappa shape index (κ1) is 20.4. The Labute approximate surface area is 194 Å². The largest absolute Gasteiger partial charge is 0.507 e. The van der Waals surface area contributed by atoms with Crippen molar-refractivity contribution in [1.82, 2.24) is 0 Å². The number of ether oxygens (including phenoxy) is 1. The number of hydrogen-bond donors (Lipinski definition) is 2. The molecule has 4 aromatic carbocycles. The third kappa shape index (κ3) is 3.46. The molecule has 5 rings (SSSR count). The summed E-state index contributed by atoms with van der Waals surface area (Å²) < 4.78 is 6.50. The number of phenolic OH excluding ortho intramolecular Hbond substituents is 1. The van der Waals surface area contributed by atoms with Crippen molar-refractivity contribution in [3.05, 3.63) is 94.5 Å². The average Bonchev–Trinajstić information content (AvgIpc) is 2.80. The maximum Gasteiger partial charge on any atom is 0.262 e. The topological polar surface area (TPSA) is 61.8 Å². The Balaban J connectivity index is 1.75. The van der Waals surface area contributed by atoms with Gasteiger partial charge in [0.15, 0.2) is 0 Å². The van der Waals surface area contributed by atoms with Crippen LogP contribution in [0.4, 0.5) is 11.4 Å². The maximum atomic E-state index is 13.8. The van der Waals surface area contributed by atoms with Crippen molar-refractivity contribution in [1.29, 1.82) is 0 Å². The Morgan fingerprint density at radius 1 is 1.03 bits per heavy atom. The third-order valence-electron chi connectivity index (χ3n) is 5.61. The van der Waals surface area contributed by atoms with Crippen molar-refractivity contribution in [3.63, 3.8) is 0 Å². The Morgan fingerprint density at radius 3 is 2.72 bits per heavy atom. The molecule has 160 valence electrons. The number of anilines is 2. The van der Waals surface area contributed by atoms with Crippen LogP contribution >= 0.6 is 15.9 Å². The maximum absolute atomic E-state index is 13.8. The summed E-state index contributed by atoms with van der Waals surface area (Å²) in [4.78, 5) is 15.5. The number of halogens is 1. The fourth-order valence-electron chi connectivity index (χ4n) is 4.21. The lowest BCUT2D eigenvalue weighted by Gasteiger charge is -2.39. The van der Waals surface area contributed by atoms with Crippen LogP contribution < -0.4 is 15.0 Å². The van der Waals surface area contributed by atoms with E-state index in [0.29, 0.717) is 34.9 Å². The van der Waals surface area contributed by atoms with E-state index in [1.165, 1.54) is 0 Å². The molecule has 2 N–H and O–H groups in total. The van der Waals surface area contributed by atoms with Crippen molar-refractivity contribution >= 4 is 44.0 Å². The lowest BCUT2D eigenvalue weighted by atomic mass is 9.97. The lowest BCUT2D eigenvalue weighted by Crippen LogP contribution is -2.43. The monoisotopic (exact) mass is 488 g/mol. The molecule has 4 aromatic rings. The van der Waals surface area contributed by atoms with E-state index in [0.717, 1.165) is 15.2 Å². The van der Waals surface area contributed by atoms with Gasteiger partial charge in [-0.05, 0) is 54.1 Å². The minimum absolute atomic E-state index is 0.125. The van der Waals surface area contributed by atoms with Crippen LogP contribution in [0.25, 0.3) is 10.8 Å². The highest BCUT2D eigenvalue weighted by Gasteiger charge is 2.36. The number of aromatic hydroxyl groups is 1. The van der Waals surface area contributed by atoms with Crippen LogP contribution in [0.15, 0.2) is 83.3 Å². The summed E-state index contributed by atoms with van der Waals surface area (Å²) in [6.07, 6.45) is -0.612. The van der Waals surface area contributed by atoms with Gasteiger partial charge in [0.05, 0.1) is 17.9 Å². The number of nitrogens with one attached hydrogen (secondary N) is 1. The van der Waals surface area contributed by atoms with Crippen molar-refractivity contribution in [2.24, 2.45) is 0 Å². The normalized spacial score (nSPS) is 15.4. The molecule has 5 nitrogen and oxygen atoms in total. The second kappa shape index (κ2) is 8.20. The number of nitrogens with zero attached hydrogens (tertiary/aromatic N) is 1. The molecule has 6 heteroatoms. The molecule has 1 unspecified atom stereocenters. The highest BCUT2D eigenvalue weighted by molar-refractivity contribution is 9.10. The van der Waals surface area contributed by atoms with Crippen molar-refractivity contribution in [3.8, 4) is 11.5 Å². The molecule has 1 aliphatic rings. The van der Waals surface area contributed by atoms with Gasteiger partial charge in [0, 0.05) is 21.8 Å². The quantitative estimate of drug-likeness (QED) is 0.345. The number of benzene rings is 4. The van der Waals surface area contributed by atoms with Crippen LogP contribution in [0.5, 0.6) is 11.5 Å². The van der Waals surface area contributed by atoms with Crippen molar-refractivity contribution in [2.75, 3.05) is 16.8 Å². The zero-order valence-electron chi connectivity index (χ0n) is 17.4. The van der Waals surface area contributed by atoms with E-state index < -0.39 is 6.17 Å². The average molecular weight is 489 g/mol. The van der Waals surface area contributed by atoms with E-state index >= 15 is 0 Å². The minimum Gasteiger partial charge on any atom is -0.507 e. The number of rotatable bonds is 4. The van der Waals surface area contributed by atoms with Gasteiger partial charge in [-0.3, -0.25) is 9.69 Å². The molecule has 32 heavy (non-hydrogen) atoms. The smallest absolute Gasteiger partial charge is 0.262 e. The number of hydrogen-bond acceptors (Lipinski definition) is 4. The van der Waals surface area contributed by atoms with E-state index in [-0.39, 0.29) is 11.7 Å². The predicted octanol–water partition coefficient (Wildman–Crippen LogP) is 6.48. The molecule has 0 radical (unpaired) electrons. The third-order valence-corrected chi connectivity index (χ3v) is 6.10. The van der Waals surface area contributed by atoms with Gasteiger partial charge in [-0.2, -0.15) is 0 Å². The van der Waals surface area contributed by atoms with Crippen molar-refractivity contribution in [2.45, 2.75) is 13.1 Å². The molecule has 0 bridgehead atoms. The van der Waals surface area contributed by atoms with Gasteiger partial charge >= 0.3 is 0 Å². The Kier molecular flexibility index (Phi) is 5.23. The highest BCUT2D eigenvalue weighted by Crippen LogP contribution is 2.43. The van der Waals surface area contributed by atoms with E-state index in [1.54, 1.807) is 11.0 Å². The van der Waals surface area contributed by atoms with Gasteiger partial charge in [0.25, 0.3) is 5.91 Å². The summed E-state index contributed by atoms with van der Waals surface area (Å²) in [5.74, 6) is 0.644. The first-order valence-corrected chi connectivity index (χ1v) is 11.2. The van der Waals surface area contributed by atoms with Crippen LogP contribution in [-0.4, -0.2) is 17.6 Å². The number of carbonyl (C=O) groups is 1. The summed E-state index contributed by atoms with van der Waals surface area (Å²) in [5, 5.41) is 16.3. The molecule has 0 saturated carbocycles. The predicted molar refractivity (Wildman–Crippen MR) is 131 cm³/mol. The molecule has 1 amide bonds. The van der Waals surface area contributed by atoms with Crippen LogP contribution in [0.1, 0.15) is 29.0 Å².